The minimum absolute atomic E-state index is 0.00635. The van der Waals surface area contributed by atoms with Crippen molar-refractivity contribution in [2.24, 2.45) is 0 Å². The molecule has 2 aromatic carbocycles. The second-order valence-corrected chi connectivity index (χ2v) is 5.58. The van der Waals surface area contributed by atoms with E-state index in [4.69, 9.17) is 4.74 Å². The van der Waals surface area contributed by atoms with E-state index in [1.165, 1.54) is 19.2 Å². The van der Waals surface area contributed by atoms with Crippen LogP contribution in [0.3, 0.4) is 0 Å². The maximum atomic E-state index is 12.6. The number of halogens is 4. The van der Waals surface area contributed by atoms with Crippen molar-refractivity contribution in [3.05, 3.63) is 63.6 Å². The molecule has 0 saturated heterocycles. The van der Waals surface area contributed by atoms with E-state index >= 15 is 0 Å². The van der Waals surface area contributed by atoms with Crippen molar-refractivity contribution in [2.45, 2.75) is 12.7 Å². The highest BCUT2D eigenvalue weighted by atomic mass is 79.9. The van der Waals surface area contributed by atoms with Gasteiger partial charge in [0.1, 0.15) is 5.75 Å². The molecular weight excluding hydrogens is 375 g/mol. The first-order valence-corrected chi connectivity index (χ1v) is 7.38. The first kappa shape index (κ1) is 17.3. The molecule has 122 valence electrons. The van der Waals surface area contributed by atoms with Crippen molar-refractivity contribution in [1.29, 1.82) is 0 Å². The molecule has 0 aliphatic carbocycles. The number of alkyl halides is 3. The van der Waals surface area contributed by atoms with E-state index in [1.54, 1.807) is 18.2 Å². The number of amides is 1. The van der Waals surface area contributed by atoms with Crippen LogP contribution in [-0.2, 0) is 12.7 Å². The van der Waals surface area contributed by atoms with Crippen LogP contribution in [-0.4, -0.2) is 13.0 Å². The number of methoxy groups -OCH3 is 1. The van der Waals surface area contributed by atoms with Crippen molar-refractivity contribution >= 4 is 21.8 Å². The largest absolute Gasteiger partial charge is 0.496 e. The Bertz CT molecular complexity index is 717. The molecule has 0 heterocycles. The maximum Gasteiger partial charge on any atom is 0.416 e. The summed E-state index contributed by atoms with van der Waals surface area (Å²) in [4.78, 5) is 12.1. The first-order chi connectivity index (χ1) is 10.8. The molecule has 0 aliphatic heterocycles. The molecule has 1 amide bonds. The average Bonchev–Trinajstić information content (AvgIpc) is 2.52. The summed E-state index contributed by atoms with van der Waals surface area (Å²) in [6, 6.07) is 9.64. The molecule has 0 aromatic heterocycles. The van der Waals surface area contributed by atoms with E-state index in [-0.39, 0.29) is 12.5 Å². The lowest BCUT2D eigenvalue weighted by atomic mass is 10.1. The molecule has 0 fully saturated rings. The van der Waals surface area contributed by atoms with Gasteiger partial charge in [0.05, 0.1) is 17.1 Å². The summed E-state index contributed by atoms with van der Waals surface area (Å²) in [7, 11) is 1.51. The minimum Gasteiger partial charge on any atom is -0.496 e. The standard InChI is InChI=1S/C16H13BrF3NO2/c1-23-14-6-5-11(8-13(14)17)15(22)21-9-10-3-2-4-12(7-10)16(18,19)20/h2-8H,9H2,1H3,(H,21,22). The molecule has 0 aliphatic rings. The predicted molar refractivity (Wildman–Crippen MR) is 83.3 cm³/mol. The highest BCUT2D eigenvalue weighted by molar-refractivity contribution is 9.10. The smallest absolute Gasteiger partial charge is 0.416 e. The molecule has 0 saturated carbocycles. The molecule has 1 N–H and O–H groups in total. The fourth-order valence-corrected chi connectivity index (χ4v) is 2.49. The van der Waals surface area contributed by atoms with E-state index < -0.39 is 11.7 Å². The van der Waals surface area contributed by atoms with Gasteiger partial charge in [-0.15, -0.1) is 0 Å². The number of ether oxygens (including phenoxy) is 1. The predicted octanol–water partition coefficient (Wildman–Crippen LogP) is 4.41. The van der Waals surface area contributed by atoms with Crippen LogP contribution in [0.15, 0.2) is 46.9 Å². The Balaban J connectivity index is 2.06. The summed E-state index contributed by atoms with van der Waals surface area (Å²) in [6.07, 6.45) is -4.40. The third-order valence-corrected chi connectivity index (χ3v) is 3.74. The number of benzene rings is 2. The third-order valence-electron chi connectivity index (χ3n) is 3.12. The molecular formula is C16H13BrF3NO2. The Morgan fingerprint density at radius 2 is 1.96 bits per heavy atom. The SMILES string of the molecule is COc1ccc(C(=O)NCc2cccc(C(F)(F)F)c2)cc1Br. The van der Waals surface area contributed by atoms with Crippen LogP contribution in [0.5, 0.6) is 5.75 Å². The van der Waals surface area contributed by atoms with Gasteiger partial charge in [-0.25, -0.2) is 0 Å². The molecule has 0 spiro atoms. The van der Waals surface area contributed by atoms with Gasteiger partial charge in [0.2, 0.25) is 0 Å². The van der Waals surface area contributed by atoms with Gasteiger partial charge in [-0.05, 0) is 51.8 Å². The zero-order chi connectivity index (χ0) is 17.0. The zero-order valence-electron chi connectivity index (χ0n) is 12.1. The van der Waals surface area contributed by atoms with Gasteiger partial charge in [-0.2, -0.15) is 13.2 Å². The second-order valence-electron chi connectivity index (χ2n) is 4.73. The average molecular weight is 388 g/mol. The van der Waals surface area contributed by atoms with Crippen LogP contribution in [0.2, 0.25) is 0 Å². The molecule has 0 radical (unpaired) electrons. The van der Waals surface area contributed by atoms with Gasteiger partial charge in [0.15, 0.2) is 0 Å². The molecule has 2 aromatic rings. The highest BCUT2D eigenvalue weighted by Gasteiger charge is 2.30. The Labute approximate surface area is 139 Å². The van der Waals surface area contributed by atoms with Gasteiger partial charge in [0.25, 0.3) is 5.91 Å². The lowest BCUT2D eigenvalue weighted by molar-refractivity contribution is -0.137. The number of nitrogens with one attached hydrogen (secondary N) is 1. The van der Waals surface area contributed by atoms with Crippen LogP contribution in [0.25, 0.3) is 0 Å². The van der Waals surface area contributed by atoms with Gasteiger partial charge in [-0.1, -0.05) is 12.1 Å². The zero-order valence-corrected chi connectivity index (χ0v) is 13.7. The lowest BCUT2D eigenvalue weighted by Gasteiger charge is -2.10. The summed E-state index contributed by atoms with van der Waals surface area (Å²) in [6.45, 7) is 0.00635. The van der Waals surface area contributed by atoms with Gasteiger partial charge >= 0.3 is 6.18 Å². The van der Waals surface area contributed by atoms with E-state index in [0.29, 0.717) is 21.3 Å². The summed E-state index contributed by atoms with van der Waals surface area (Å²) >= 11 is 3.27. The number of rotatable bonds is 4. The van der Waals surface area contributed by atoms with Crippen LogP contribution < -0.4 is 10.1 Å². The van der Waals surface area contributed by atoms with Crippen LogP contribution >= 0.6 is 15.9 Å². The van der Waals surface area contributed by atoms with E-state index in [2.05, 4.69) is 21.2 Å². The highest BCUT2D eigenvalue weighted by Crippen LogP contribution is 2.29. The monoisotopic (exact) mass is 387 g/mol. The van der Waals surface area contributed by atoms with E-state index in [0.717, 1.165) is 12.1 Å². The summed E-state index contributed by atoms with van der Waals surface area (Å²) in [5, 5.41) is 2.59. The minimum atomic E-state index is -4.40. The molecule has 2 rings (SSSR count). The van der Waals surface area contributed by atoms with E-state index in [1.807, 2.05) is 0 Å². The molecule has 23 heavy (non-hydrogen) atoms. The number of carbonyl (C=O) groups is 1. The van der Waals surface area contributed by atoms with Crippen LogP contribution in [0.1, 0.15) is 21.5 Å². The lowest BCUT2D eigenvalue weighted by Crippen LogP contribution is -2.23. The topological polar surface area (TPSA) is 38.3 Å². The van der Waals surface area contributed by atoms with Crippen molar-refractivity contribution in [3.8, 4) is 5.75 Å². The second kappa shape index (κ2) is 7.04. The first-order valence-electron chi connectivity index (χ1n) is 6.59. The third kappa shape index (κ3) is 4.48. The Kier molecular flexibility index (Phi) is 5.30. The molecule has 0 unspecified atom stereocenters. The Morgan fingerprint density at radius 3 is 2.57 bits per heavy atom. The Hall–Kier alpha value is -2.02. The molecule has 0 atom stereocenters. The fraction of sp³-hybridized carbons (Fsp3) is 0.188. The number of hydrogen-bond donors (Lipinski definition) is 1. The van der Waals surface area contributed by atoms with Crippen LogP contribution in [0, 0.1) is 0 Å². The normalized spacial score (nSPS) is 11.2. The molecule has 0 bridgehead atoms. The summed E-state index contributed by atoms with van der Waals surface area (Å²) in [5.74, 6) is 0.199. The summed E-state index contributed by atoms with van der Waals surface area (Å²) < 4.78 is 43.6. The summed E-state index contributed by atoms with van der Waals surface area (Å²) in [5.41, 5.74) is 0.0156. The van der Waals surface area contributed by atoms with Crippen molar-refractivity contribution in [1.82, 2.24) is 5.32 Å². The molecule has 3 nitrogen and oxygen atoms in total. The van der Waals surface area contributed by atoms with Crippen molar-refractivity contribution in [2.75, 3.05) is 7.11 Å². The van der Waals surface area contributed by atoms with E-state index in [9.17, 15) is 18.0 Å². The van der Waals surface area contributed by atoms with Gasteiger partial charge in [0, 0.05) is 12.1 Å². The number of carbonyl (C=O) groups excluding carboxylic acids is 1. The van der Waals surface area contributed by atoms with Crippen molar-refractivity contribution < 1.29 is 22.7 Å². The number of hydrogen-bond acceptors (Lipinski definition) is 2. The van der Waals surface area contributed by atoms with Crippen molar-refractivity contribution in [3.63, 3.8) is 0 Å². The van der Waals surface area contributed by atoms with Gasteiger partial charge in [-0.3, -0.25) is 4.79 Å². The quantitative estimate of drug-likeness (QED) is 0.843. The molecule has 7 heteroatoms. The van der Waals surface area contributed by atoms with Gasteiger partial charge < -0.3 is 10.1 Å². The maximum absolute atomic E-state index is 12.6. The fourth-order valence-electron chi connectivity index (χ4n) is 1.95. The Morgan fingerprint density at radius 1 is 1.22 bits per heavy atom. The van der Waals surface area contributed by atoms with Crippen LogP contribution in [0.4, 0.5) is 13.2 Å².